The Labute approximate surface area is 102 Å². The molecule has 1 N–H and O–H groups in total. The smallest absolute Gasteiger partial charge is 0.337 e. The van der Waals surface area contributed by atoms with Crippen LogP contribution in [0.2, 0.25) is 5.02 Å². The average molecular weight is 260 g/mol. The second kappa shape index (κ2) is 5.49. The minimum absolute atomic E-state index is 0.0214. The van der Waals surface area contributed by atoms with Gasteiger partial charge in [-0.15, -0.1) is 0 Å². The predicted octanol–water partition coefficient (Wildman–Crippen LogP) is 2.74. The normalized spacial score (nSPS) is 10.0. The Kier molecular flexibility index (Phi) is 4.28. The van der Waals surface area contributed by atoms with Crippen LogP contribution in [0, 0.1) is 10.1 Å². The van der Waals surface area contributed by atoms with Crippen LogP contribution in [0.25, 0.3) is 0 Å². The molecule has 92 valence electrons. The SMILES string of the molecule is CCCOc1cc(Cl)c(C(=O)O)cc1[N+](=O)[O-]. The highest BCUT2D eigenvalue weighted by Crippen LogP contribution is 2.33. The molecule has 6 nitrogen and oxygen atoms in total. The standard InChI is InChI=1S/C10H10ClNO5/c1-2-3-17-9-5-7(11)6(10(13)14)4-8(9)12(15)16/h4-5H,2-3H2,1H3,(H,13,14). The van der Waals surface area contributed by atoms with Gasteiger partial charge in [-0.3, -0.25) is 10.1 Å². The van der Waals surface area contributed by atoms with Crippen LogP contribution in [0.1, 0.15) is 23.7 Å². The van der Waals surface area contributed by atoms with Crippen LogP contribution in [-0.2, 0) is 0 Å². The summed E-state index contributed by atoms with van der Waals surface area (Å²) >= 11 is 5.70. The molecule has 0 atom stereocenters. The van der Waals surface area contributed by atoms with Gasteiger partial charge in [0.1, 0.15) is 0 Å². The van der Waals surface area contributed by atoms with E-state index in [9.17, 15) is 14.9 Å². The van der Waals surface area contributed by atoms with Crippen LogP contribution < -0.4 is 4.74 Å². The minimum atomic E-state index is -1.32. The molecular weight excluding hydrogens is 250 g/mol. The number of ether oxygens (including phenoxy) is 1. The molecule has 0 heterocycles. The summed E-state index contributed by atoms with van der Waals surface area (Å²) in [5.41, 5.74) is -0.720. The second-order valence-corrected chi connectivity index (χ2v) is 3.62. The van der Waals surface area contributed by atoms with Gasteiger partial charge in [0.2, 0.25) is 0 Å². The molecule has 0 unspecified atom stereocenters. The van der Waals surface area contributed by atoms with E-state index in [4.69, 9.17) is 21.4 Å². The van der Waals surface area contributed by atoms with E-state index in [2.05, 4.69) is 0 Å². The summed E-state index contributed by atoms with van der Waals surface area (Å²) in [5.74, 6) is -1.34. The highest BCUT2D eigenvalue weighted by molar-refractivity contribution is 6.33. The Morgan fingerprint density at radius 3 is 2.71 bits per heavy atom. The lowest BCUT2D eigenvalue weighted by molar-refractivity contribution is -0.385. The van der Waals surface area contributed by atoms with Crippen LogP contribution >= 0.6 is 11.6 Å². The van der Waals surface area contributed by atoms with Crippen molar-refractivity contribution in [3.63, 3.8) is 0 Å². The van der Waals surface area contributed by atoms with Crippen LogP contribution in [-0.4, -0.2) is 22.6 Å². The van der Waals surface area contributed by atoms with Crippen molar-refractivity contribution >= 4 is 23.3 Å². The molecule has 1 aromatic carbocycles. The number of carboxylic acid groups (broad SMARTS) is 1. The Hall–Kier alpha value is -1.82. The summed E-state index contributed by atoms with van der Waals surface area (Å²) < 4.78 is 5.14. The lowest BCUT2D eigenvalue weighted by Gasteiger charge is -2.07. The predicted molar refractivity (Wildman–Crippen MR) is 60.9 cm³/mol. The zero-order valence-corrected chi connectivity index (χ0v) is 9.73. The lowest BCUT2D eigenvalue weighted by atomic mass is 10.2. The molecule has 0 aliphatic rings. The zero-order chi connectivity index (χ0) is 13.0. The summed E-state index contributed by atoms with van der Waals surface area (Å²) in [5, 5.41) is 19.5. The summed E-state index contributed by atoms with van der Waals surface area (Å²) in [6.07, 6.45) is 0.676. The molecule has 0 amide bonds. The Bertz CT molecular complexity index is 460. The highest BCUT2D eigenvalue weighted by Gasteiger charge is 2.21. The maximum atomic E-state index is 10.8. The molecule has 0 spiro atoms. The summed E-state index contributed by atoms with van der Waals surface area (Å²) in [6, 6.07) is 2.05. The molecule has 0 aliphatic heterocycles. The van der Waals surface area contributed by atoms with Gasteiger partial charge in [0.15, 0.2) is 5.75 Å². The van der Waals surface area contributed by atoms with Gasteiger partial charge >= 0.3 is 11.7 Å². The number of nitrogens with zero attached hydrogens (tertiary/aromatic N) is 1. The number of benzene rings is 1. The van der Waals surface area contributed by atoms with Gasteiger partial charge in [-0.1, -0.05) is 18.5 Å². The first-order valence-electron chi connectivity index (χ1n) is 4.81. The van der Waals surface area contributed by atoms with E-state index >= 15 is 0 Å². The van der Waals surface area contributed by atoms with E-state index in [1.807, 2.05) is 6.92 Å². The number of hydrogen-bond donors (Lipinski definition) is 1. The number of aromatic carboxylic acids is 1. The van der Waals surface area contributed by atoms with Crippen molar-refractivity contribution in [3.05, 3.63) is 32.8 Å². The first-order valence-corrected chi connectivity index (χ1v) is 5.19. The fraction of sp³-hybridized carbons (Fsp3) is 0.300. The van der Waals surface area contributed by atoms with Crippen molar-refractivity contribution in [1.82, 2.24) is 0 Å². The molecule has 1 rings (SSSR count). The van der Waals surface area contributed by atoms with Crippen molar-refractivity contribution in [2.24, 2.45) is 0 Å². The maximum Gasteiger partial charge on any atom is 0.337 e. The lowest BCUT2D eigenvalue weighted by Crippen LogP contribution is -2.03. The monoisotopic (exact) mass is 259 g/mol. The number of nitro groups is 1. The summed E-state index contributed by atoms with van der Waals surface area (Å²) in [6.45, 7) is 2.14. The number of hydrogen-bond acceptors (Lipinski definition) is 4. The van der Waals surface area contributed by atoms with E-state index < -0.39 is 16.6 Å². The highest BCUT2D eigenvalue weighted by atomic mass is 35.5. The molecule has 17 heavy (non-hydrogen) atoms. The van der Waals surface area contributed by atoms with Crippen molar-refractivity contribution < 1.29 is 19.6 Å². The number of carbonyl (C=O) groups is 1. The Morgan fingerprint density at radius 2 is 2.24 bits per heavy atom. The fourth-order valence-corrected chi connectivity index (χ4v) is 1.41. The van der Waals surface area contributed by atoms with Crippen molar-refractivity contribution in [2.45, 2.75) is 13.3 Å². The van der Waals surface area contributed by atoms with Gasteiger partial charge in [0, 0.05) is 12.1 Å². The topological polar surface area (TPSA) is 89.7 Å². The van der Waals surface area contributed by atoms with E-state index in [-0.39, 0.29) is 16.3 Å². The zero-order valence-electron chi connectivity index (χ0n) is 8.97. The third-order valence-corrected chi connectivity index (χ3v) is 2.25. The van der Waals surface area contributed by atoms with Crippen molar-refractivity contribution in [3.8, 4) is 5.75 Å². The molecule has 0 saturated heterocycles. The molecule has 7 heteroatoms. The first-order chi connectivity index (χ1) is 7.97. The van der Waals surface area contributed by atoms with Crippen molar-refractivity contribution in [1.29, 1.82) is 0 Å². The summed E-state index contributed by atoms with van der Waals surface area (Å²) in [4.78, 5) is 20.8. The summed E-state index contributed by atoms with van der Waals surface area (Å²) in [7, 11) is 0. The Balaban J connectivity index is 3.25. The van der Waals surface area contributed by atoms with Gasteiger partial charge in [0.05, 0.1) is 22.1 Å². The number of carboxylic acids is 1. The van der Waals surface area contributed by atoms with Gasteiger partial charge in [-0.25, -0.2) is 4.79 Å². The van der Waals surface area contributed by atoms with Crippen LogP contribution in [0.5, 0.6) is 5.75 Å². The third kappa shape index (κ3) is 3.07. The number of halogens is 1. The number of nitro benzene ring substituents is 1. The average Bonchev–Trinajstić information content (AvgIpc) is 2.25. The quantitative estimate of drug-likeness (QED) is 0.648. The maximum absolute atomic E-state index is 10.8. The van der Waals surface area contributed by atoms with Gasteiger partial charge in [0.25, 0.3) is 0 Å². The van der Waals surface area contributed by atoms with Gasteiger partial charge in [-0.2, -0.15) is 0 Å². The van der Waals surface area contributed by atoms with Crippen LogP contribution in [0.4, 0.5) is 5.69 Å². The fourth-order valence-electron chi connectivity index (χ4n) is 1.18. The van der Waals surface area contributed by atoms with Crippen LogP contribution in [0.3, 0.4) is 0 Å². The van der Waals surface area contributed by atoms with E-state index in [1.165, 1.54) is 0 Å². The van der Waals surface area contributed by atoms with E-state index in [1.54, 1.807) is 0 Å². The molecule has 0 fully saturated rings. The first kappa shape index (κ1) is 13.2. The second-order valence-electron chi connectivity index (χ2n) is 3.21. The van der Waals surface area contributed by atoms with Gasteiger partial charge in [-0.05, 0) is 6.42 Å². The minimum Gasteiger partial charge on any atom is -0.487 e. The molecule has 0 bridgehead atoms. The Morgan fingerprint density at radius 1 is 1.59 bits per heavy atom. The van der Waals surface area contributed by atoms with E-state index in [0.29, 0.717) is 13.0 Å². The van der Waals surface area contributed by atoms with E-state index in [0.717, 1.165) is 12.1 Å². The largest absolute Gasteiger partial charge is 0.487 e. The molecular formula is C10H10ClNO5. The molecule has 1 aromatic rings. The van der Waals surface area contributed by atoms with Crippen molar-refractivity contribution in [2.75, 3.05) is 6.61 Å². The molecule has 0 aromatic heterocycles. The molecule has 0 radical (unpaired) electrons. The van der Waals surface area contributed by atoms with Gasteiger partial charge < -0.3 is 9.84 Å². The number of rotatable bonds is 5. The van der Waals surface area contributed by atoms with Crippen LogP contribution in [0.15, 0.2) is 12.1 Å². The third-order valence-electron chi connectivity index (χ3n) is 1.94. The molecule has 0 aliphatic carbocycles. The molecule has 0 saturated carbocycles.